The van der Waals surface area contributed by atoms with Crippen LogP contribution in [0.5, 0.6) is 0 Å². The Kier molecular flexibility index (Phi) is 4.13. The van der Waals surface area contributed by atoms with Crippen molar-refractivity contribution < 1.29 is 9.90 Å². The molecular weight excluding hydrogens is 268 g/mol. The molecule has 0 unspecified atom stereocenters. The fourth-order valence-electron chi connectivity index (χ4n) is 1.57. The van der Waals surface area contributed by atoms with Crippen molar-refractivity contribution in [3.05, 3.63) is 40.7 Å². The van der Waals surface area contributed by atoms with Gasteiger partial charge in [-0.15, -0.1) is 5.10 Å². The largest absolute Gasteiger partial charge is 0.390 e. The number of halogens is 1. The number of aromatic nitrogens is 3. The molecule has 6 nitrogen and oxygen atoms in total. The second-order valence-electron chi connectivity index (χ2n) is 4.03. The lowest BCUT2D eigenvalue weighted by Gasteiger charge is -2.09. The number of aliphatic hydroxyl groups excluding tert-OH is 1. The number of nitrogens with one attached hydrogen (secondary N) is 1. The summed E-state index contributed by atoms with van der Waals surface area (Å²) in [6.45, 7) is 1.66. The van der Waals surface area contributed by atoms with Crippen LogP contribution in [-0.2, 0) is 17.9 Å². The predicted molar refractivity (Wildman–Crippen MR) is 70.8 cm³/mol. The first-order valence-electron chi connectivity index (χ1n) is 5.65. The van der Waals surface area contributed by atoms with Crippen molar-refractivity contribution in [1.29, 1.82) is 0 Å². The van der Waals surface area contributed by atoms with E-state index in [4.69, 9.17) is 16.7 Å². The van der Waals surface area contributed by atoms with Crippen molar-refractivity contribution >= 4 is 23.2 Å². The minimum Gasteiger partial charge on any atom is -0.390 e. The molecule has 0 aliphatic rings. The molecule has 100 valence electrons. The van der Waals surface area contributed by atoms with Gasteiger partial charge in [0.1, 0.15) is 12.2 Å². The van der Waals surface area contributed by atoms with Crippen LogP contribution in [0.4, 0.5) is 5.69 Å². The van der Waals surface area contributed by atoms with E-state index >= 15 is 0 Å². The Bertz CT molecular complexity index is 597. The highest BCUT2D eigenvalue weighted by molar-refractivity contribution is 6.31. The number of hydrogen-bond acceptors (Lipinski definition) is 4. The lowest BCUT2D eigenvalue weighted by Crippen LogP contribution is -2.19. The molecule has 19 heavy (non-hydrogen) atoms. The van der Waals surface area contributed by atoms with E-state index in [1.165, 1.54) is 10.9 Å². The van der Waals surface area contributed by atoms with Crippen molar-refractivity contribution in [1.82, 2.24) is 15.0 Å². The number of anilines is 1. The Morgan fingerprint density at radius 1 is 1.53 bits per heavy atom. The molecule has 0 atom stereocenters. The second kappa shape index (κ2) is 5.81. The maximum absolute atomic E-state index is 11.8. The summed E-state index contributed by atoms with van der Waals surface area (Å²) in [6.07, 6.45) is 1.52. The molecule has 2 aromatic rings. The van der Waals surface area contributed by atoms with E-state index in [0.29, 0.717) is 16.4 Å². The number of rotatable bonds is 4. The van der Waals surface area contributed by atoms with E-state index in [-0.39, 0.29) is 19.1 Å². The lowest BCUT2D eigenvalue weighted by atomic mass is 10.2. The van der Waals surface area contributed by atoms with Crippen molar-refractivity contribution in [3.8, 4) is 0 Å². The van der Waals surface area contributed by atoms with Crippen LogP contribution in [-0.4, -0.2) is 26.0 Å². The molecule has 2 rings (SSSR count). The summed E-state index contributed by atoms with van der Waals surface area (Å²) in [5, 5.41) is 19.6. The average Bonchev–Trinajstić information content (AvgIpc) is 2.82. The quantitative estimate of drug-likeness (QED) is 0.886. The van der Waals surface area contributed by atoms with Gasteiger partial charge in [0, 0.05) is 10.7 Å². The monoisotopic (exact) mass is 280 g/mol. The zero-order valence-electron chi connectivity index (χ0n) is 10.3. The van der Waals surface area contributed by atoms with Gasteiger partial charge in [-0.25, -0.2) is 4.68 Å². The summed E-state index contributed by atoms with van der Waals surface area (Å²) in [4.78, 5) is 11.8. The third kappa shape index (κ3) is 3.30. The topological polar surface area (TPSA) is 80.0 Å². The molecule has 0 saturated carbocycles. The first kappa shape index (κ1) is 13.5. The Hall–Kier alpha value is -1.92. The molecule has 1 aromatic heterocycles. The summed E-state index contributed by atoms with van der Waals surface area (Å²) in [5.41, 5.74) is 1.90. The van der Waals surface area contributed by atoms with Gasteiger partial charge in [0.2, 0.25) is 5.91 Å². The van der Waals surface area contributed by atoms with Crippen LogP contribution in [0.2, 0.25) is 5.02 Å². The summed E-state index contributed by atoms with van der Waals surface area (Å²) < 4.78 is 1.36. The van der Waals surface area contributed by atoms with E-state index in [9.17, 15) is 4.79 Å². The fraction of sp³-hybridized carbons (Fsp3) is 0.250. The van der Waals surface area contributed by atoms with Gasteiger partial charge in [-0.05, 0) is 24.6 Å². The number of hydrogen-bond donors (Lipinski definition) is 2. The second-order valence-corrected chi connectivity index (χ2v) is 4.43. The van der Waals surface area contributed by atoms with Gasteiger partial charge in [0.15, 0.2) is 0 Å². The smallest absolute Gasteiger partial charge is 0.246 e. The Morgan fingerprint density at radius 3 is 3.00 bits per heavy atom. The zero-order chi connectivity index (χ0) is 13.8. The van der Waals surface area contributed by atoms with Gasteiger partial charge in [-0.1, -0.05) is 22.9 Å². The minimum atomic E-state index is -0.236. The molecule has 0 spiro atoms. The Morgan fingerprint density at radius 2 is 2.32 bits per heavy atom. The number of benzene rings is 1. The predicted octanol–water partition coefficient (Wildman–Crippen LogP) is 1.37. The van der Waals surface area contributed by atoms with Gasteiger partial charge in [0.25, 0.3) is 0 Å². The SMILES string of the molecule is Cc1c(Cl)cccc1NC(=O)Cn1cc(CO)nn1. The fourth-order valence-corrected chi connectivity index (χ4v) is 1.74. The minimum absolute atomic E-state index is 0.0267. The number of carbonyl (C=O) groups is 1. The van der Waals surface area contributed by atoms with Gasteiger partial charge >= 0.3 is 0 Å². The summed E-state index contributed by atoms with van der Waals surface area (Å²) in [5.74, 6) is -0.236. The van der Waals surface area contributed by atoms with Crippen LogP contribution >= 0.6 is 11.6 Å². The van der Waals surface area contributed by atoms with Crippen LogP contribution < -0.4 is 5.32 Å². The van der Waals surface area contributed by atoms with E-state index in [1.54, 1.807) is 18.2 Å². The molecule has 1 heterocycles. The maximum atomic E-state index is 11.8. The highest BCUT2D eigenvalue weighted by Crippen LogP contribution is 2.22. The molecule has 0 aliphatic carbocycles. The van der Waals surface area contributed by atoms with Crippen LogP contribution in [0.3, 0.4) is 0 Å². The molecule has 0 saturated heterocycles. The highest BCUT2D eigenvalue weighted by atomic mass is 35.5. The van der Waals surface area contributed by atoms with Crippen molar-refractivity contribution in [2.75, 3.05) is 5.32 Å². The molecule has 1 amide bonds. The first-order valence-corrected chi connectivity index (χ1v) is 6.03. The molecule has 0 fully saturated rings. The number of nitrogens with zero attached hydrogens (tertiary/aromatic N) is 3. The molecule has 7 heteroatoms. The molecule has 0 aliphatic heterocycles. The third-order valence-corrected chi connectivity index (χ3v) is 3.00. The Labute approximate surface area is 115 Å². The molecule has 2 N–H and O–H groups in total. The lowest BCUT2D eigenvalue weighted by molar-refractivity contribution is -0.116. The highest BCUT2D eigenvalue weighted by Gasteiger charge is 2.08. The van der Waals surface area contributed by atoms with Gasteiger partial charge in [-0.2, -0.15) is 0 Å². The number of carbonyl (C=O) groups excluding carboxylic acids is 1. The number of amides is 1. The van der Waals surface area contributed by atoms with Crippen LogP contribution in [0.15, 0.2) is 24.4 Å². The van der Waals surface area contributed by atoms with Crippen molar-refractivity contribution in [2.24, 2.45) is 0 Å². The third-order valence-electron chi connectivity index (χ3n) is 2.60. The summed E-state index contributed by atoms with van der Waals surface area (Å²) in [7, 11) is 0. The summed E-state index contributed by atoms with van der Waals surface area (Å²) >= 11 is 5.97. The van der Waals surface area contributed by atoms with Crippen LogP contribution in [0.1, 0.15) is 11.3 Å². The first-order chi connectivity index (χ1) is 9.10. The van der Waals surface area contributed by atoms with E-state index in [0.717, 1.165) is 5.56 Å². The molecule has 0 bridgehead atoms. The van der Waals surface area contributed by atoms with E-state index in [1.807, 2.05) is 6.92 Å². The zero-order valence-corrected chi connectivity index (χ0v) is 11.1. The normalized spacial score (nSPS) is 10.5. The number of aliphatic hydroxyl groups is 1. The molecule has 1 aromatic carbocycles. The molecular formula is C12H13ClN4O2. The standard InChI is InChI=1S/C12H13ClN4O2/c1-8-10(13)3-2-4-11(8)14-12(19)6-17-5-9(7-18)15-16-17/h2-5,18H,6-7H2,1H3,(H,14,19). The average molecular weight is 281 g/mol. The Balaban J connectivity index is 2.03. The van der Waals surface area contributed by atoms with Crippen molar-refractivity contribution in [3.63, 3.8) is 0 Å². The van der Waals surface area contributed by atoms with Crippen LogP contribution in [0.25, 0.3) is 0 Å². The maximum Gasteiger partial charge on any atom is 0.246 e. The van der Waals surface area contributed by atoms with Crippen molar-refractivity contribution in [2.45, 2.75) is 20.1 Å². The van der Waals surface area contributed by atoms with Gasteiger partial charge < -0.3 is 10.4 Å². The molecule has 0 radical (unpaired) electrons. The van der Waals surface area contributed by atoms with E-state index < -0.39 is 0 Å². The summed E-state index contributed by atoms with van der Waals surface area (Å²) in [6, 6.07) is 5.31. The van der Waals surface area contributed by atoms with Crippen LogP contribution in [0, 0.1) is 6.92 Å². The van der Waals surface area contributed by atoms with Gasteiger partial charge in [0.05, 0.1) is 12.8 Å². The van der Waals surface area contributed by atoms with Gasteiger partial charge in [-0.3, -0.25) is 4.79 Å². The van der Waals surface area contributed by atoms with E-state index in [2.05, 4.69) is 15.6 Å².